The lowest BCUT2D eigenvalue weighted by molar-refractivity contribution is 0.120. The van der Waals surface area contributed by atoms with E-state index in [1.54, 1.807) is 18.3 Å². The highest BCUT2D eigenvalue weighted by Crippen LogP contribution is 2.34. The van der Waals surface area contributed by atoms with E-state index in [0.717, 1.165) is 29.5 Å². The van der Waals surface area contributed by atoms with Crippen LogP contribution in [0.3, 0.4) is 0 Å². The van der Waals surface area contributed by atoms with Crippen molar-refractivity contribution < 1.29 is 23.1 Å². The van der Waals surface area contributed by atoms with Crippen LogP contribution in [0.5, 0.6) is 5.75 Å². The van der Waals surface area contributed by atoms with Crippen LogP contribution in [-0.2, 0) is 16.6 Å². The van der Waals surface area contributed by atoms with Crippen molar-refractivity contribution in [1.82, 2.24) is 24.4 Å². The summed E-state index contributed by atoms with van der Waals surface area (Å²) in [5.41, 5.74) is 9.25. The number of benzene rings is 2. The molecule has 0 bridgehead atoms. The summed E-state index contributed by atoms with van der Waals surface area (Å²) in [5.74, 6) is 0.916. The Bertz CT molecular complexity index is 1570. The highest BCUT2D eigenvalue weighted by atomic mass is 32.2. The molecule has 38 heavy (non-hydrogen) atoms. The Balaban J connectivity index is 1.39. The Morgan fingerprint density at radius 2 is 1.89 bits per heavy atom. The molecule has 1 aliphatic rings. The van der Waals surface area contributed by atoms with Gasteiger partial charge in [-0.05, 0) is 48.7 Å². The number of methoxy groups -OCH3 is 1. The first-order chi connectivity index (χ1) is 18.3. The number of nitrogens with one attached hydrogen (secondary N) is 1. The SMILES string of the molecule is COc1ccc(S(=O)(=O)NCc2ccc(-c3nn([C@@H]4CCCN(C(=O)O)C4)c4ccnc(N)c34)cc2)cc1. The Kier molecular flexibility index (Phi) is 6.91. The first-order valence-electron chi connectivity index (χ1n) is 12.1. The maximum absolute atomic E-state index is 12.7. The number of sulfonamides is 1. The summed E-state index contributed by atoms with van der Waals surface area (Å²) in [6.45, 7) is 0.965. The van der Waals surface area contributed by atoms with Crippen LogP contribution in [-0.4, -0.2) is 59.5 Å². The van der Waals surface area contributed by atoms with Crippen molar-refractivity contribution in [2.75, 3.05) is 25.9 Å². The highest BCUT2D eigenvalue weighted by molar-refractivity contribution is 7.89. The minimum Gasteiger partial charge on any atom is -0.497 e. The number of piperidine rings is 1. The molecule has 0 aliphatic carbocycles. The van der Waals surface area contributed by atoms with E-state index in [4.69, 9.17) is 15.6 Å². The molecule has 4 aromatic rings. The number of hydrogen-bond donors (Lipinski definition) is 3. The van der Waals surface area contributed by atoms with E-state index in [9.17, 15) is 18.3 Å². The fourth-order valence-electron chi connectivity index (χ4n) is 4.72. The second-order valence-electron chi connectivity index (χ2n) is 9.11. The van der Waals surface area contributed by atoms with Gasteiger partial charge in [-0.15, -0.1) is 0 Å². The van der Waals surface area contributed by atoms with Crippen LogP contribution < -0.4 is 15.2 Å². The summed E-state index contributed by atoms with van der Waals surface area (Å²) in [6, 6.07) is 15.3. The minimum absolute atomic E-state index is 0.112. The number of rotatable bonds is 7. The third kappa shape index (κ3) is 5.00. The Labute approximate surface area is 219 Å². The summed E-state index contributed by atoms with van der Waals surface area (Å²) < 4.78 is 34.9. The van der Waals surface area contributed by atoms with Crippen LogP contribution in [0.2, 0.25) is 0 Å². The molecule has 5 rings (SSSR count). The normalized spacial score (nSPS) is 16.0. The van der Waals surface area contributed by atoms with Crippen molar-refractivity contribution in [3.05, 3.63) is 66.4 Å². The average Bonchev–Trinajstić information content (AvgIpc) is 3.33. The smallest absolute Gasteiger partial charge is 0.407 e. The van der Waals surface area contributed by atoms with E-state index in [1.165, 1.54) is 24.1 Å². The summed E-state index contributed by atoms with van der Waals surface area (Å²) >= 11 is 0. The third-order valence-corrected chi connectivity index (χ3v) is 8.14. The van der Waals surface area contributed by atoms with Gasteiger partial charge in [0, 0.05) is 31.4 Å². The van der Waals surface area contributed by atoms with Gasteiger partial charge in [-0.1, -0.05) is 24.3 Å². The van der Waals surface area contributed by atoms with Gasteiger partial charge in [-0.25, -0.2) is 22.9 Å². The number of carbonyl (C=O) groups is 1. The van der Waals surface area contributed by atoms with E-state index >= 15 is 0 Å². The van der Waals surface area contributed by atoms with Gasteiger partial charge in [0.05, 0.1) is 29.0 Å². The Morgan fingerprint density at radius 1 is 1.16 bits per heavy atom. The maximum atomic E-state index is 12.7. The second-order valence-corrected chi connectivity index (χ2v) is 10.9. The number of nitrogen functional groups attached to an aromatic ring is 1. The van der Waals surface area contributed by atoms with Crippen molar-refractivity contribution in [2.45, 2.75) is 30.3 Å². The minimum atomic E-state index is -3.69. The van der Waals surface area contributed by atoms with Gasteiger partial charge in [-0.2, -0.15) is 5.10 Å². The summed E-state index contributed by atoms with van der Waals surface area (Å²) in [7, 11) is -2.17. The van der Waals surface area contributed by atoms with Crippen LogP contribution in [0.25, 0.3) is 22.2 Å². The number of pyridine rings is 1. The number of nitrogens with two attached hydrogens (primary N) is 1. The molecule has 12 heteroatoms. The van der Waals surface area contributed by atoms with Crippen molar-refractivity contribution in [2.24, 2.45) is 0 Å². The molecule has 2 aromatic heterocycles. The lowest BCUT2D eigenvalue weighted by Crippen LogP contribution is -2.40. The van der Waals surface area contributed by atoms with Gasteiger partial charge >= 0.3 is 6.09 Å². The quantitative estimate of drug-likeness (QED) is 0.325. The zero-order valence-electron chi connectivity index (χ0n) is 20.7. The standard InChI is InChI=1S/C26H28N6O5S/c1-37-20-8-10-21(11-9-20)38(35,36)29-15-17-4-6-18(7-5-17)24-23-22(12-13-28-25(23)27)32(30-24)19-3-2-14-31(16-19)26(33)34/h4-13,19,29H,2-3,14-16H2,1H3,(H2,27,28)(H,33,34)/t19-/m1/s1. The number of hydrogen-bond acceptors (Lipinski definition) is 7. The molecule has 198 valence electrons. The third-order valence-electron chi connectivity index (χ3n) is 6.73. The number of fused-ring (bicyclic) bond motifs is 1. The number of aromatic nitrogens is 3. The Hall–Kier alpha value is -4.16. The summed E-state index contributed by atoms with van der Waals surface area (Å²) in [4.78, 5) is 17.4. The van der Waals surface area contributed by atoms with Crippen LogP contribution >= 0.6 is 0 Å². The number of likely N-dealkylation sites (tertiary alicyclic amines) is 1. The molecule has 3 heterocycles. The molecule has 1 fully saturated rings. The molecule has 1 aliphatic heterocycles. The summed E-state index contributed by atoms with van der Waals surface area (Å²) in [5, 5.41) is 15.0. The van der Waals surface area contributed by atoms with Crippen LogP contribution in [0.15, 0.2) is 65.7 Å². The molecule has 0 spiro atoms. The fraction of sp³-hybridized carbons (Fsp3) is 0.269. The predicted molar refractivity (Wildman–Crippen MR) is 142 cm³/mol. The molecule has 11 nitrogen and oxygen atoms in total. The second kappa shape index (κ2) is 10.3. The number of anilines is 1. The van der Waals surface area contributed by atoms with E-state index in [2.05, 4.69) is 9.71 Å². The van der Waals surface area contributed by atoms with Gasteiger partial charge < -0.3 is 20.5 Å². The molecule has 0 unspecified atom stereocenters. The van der Waals surface area contributed by atoms with E-state index in [0.29, 0.717) is 35.7 Å². The van der Waals surface area contributed by atoms with Crippen LogP contribution in [0.4, 0.5) is 10.6 Å². The molecule has 4 N–H and O–H groups in total. The number of nitrogens with zero attached hydrogens (tertiary/aromatic N) is 4. The van der Waals surface area contributed by atoms with Gasteiger partial charge in [0.2, 0.25) is 10.0 Å². The molecule has 0 saturated carbocycles. The topological polar surface area (TPSA) is 153 Å². The molecular weight excluding hydrogens is 508 g/mol. The lowest BCUT2D eigenvalue weighted by Gasteiger charge is -2.31. The Morgan fingerprint density at radius 3 is 2.58 bits per heavy atom. The van der Waals surface area contributed by atoms with Crippen LogP contribution in [0.1, 0.15) is 24.4 Å². The van der Waals surface area contributed by atoms with E-state index in [1.807, 2.05) is 35.0 Å². The maximum Gasteiger partial charge on any atom is 0.407 e. The van der Waals surface area contributed by atoms with Crippen molar-refractivity contribution in [3.8, 4) is 17.0 Å². The zero-order chi connectivity index (χ0) is 26.9. The first kappa shape index (κ1) is 25.5. The summed E-state index contributed by atoms with van der Waals surface area (Å²) in [6.07, 6.45) is 2.23. The van der Waals surface area contributed by atoms with E-state index < -0.39 is 16.1 Å². The molecule has 2 aromatic carbocycles. The van der Waals surface area contributed by atoms with Crippen molar-refractivity contribution in [1.29, 1.82) is 0 Å². The highest BCUT2D eigenvalue weighted by Gasteiger charge is 2.28. The monoisotopic (exact) mass is 536 g/mol. The molecule has 1 saturated heterocycles. The van der Waals surface area contributed by atoms with Gasteiger partial charge in [0.15, 0.2) is 0 Å². The first-order valence-corrected chi connectivity index (χ1v) is 13.6. The van der Waals surface area contributed by atoms with E-state index in [-0.39, 0.29) is 17.5 Å². The van der Waals surface area contributed by atoms with Crippen LogP contribution in [0, 0.1) is 0 Å². The van der Waals surface area contributed by atoms with Gasteiger partial charge in [0.1, 0.15) is 17.3 Å². The largest absolute Gasteiger partial charge is 0.497 e. The van der Waals surface area contributed by atoms with Crippen molar-refractivity contribution >= 4 is 32.8 Å². The average molecular weight is 537 g/mol. The number of ether oxygens (including phenoxy) is 1. The predicted octanol–water partition coefficient (Wildman–Crippen LogP) is 3.48. The molecule has 1 atom stereocenters. The fourth-order valence-corrected chi connectivity index (χ4v) is 5.74. The lowest BCUT2D eigenvalue weighted by atomic mass is 10.1. The molecule has 0 radical (unpaired) electrons. The number of carboxylic acid groups (broad SMARTS) is 1. The zero-order valence-corrected chi connectivity index (χ0v) is 21.6. The van der Waals surface area contributed by atoms with Gasteiger partial charge in [-0.3, -0.25) is 4.68 Å². The number of amides is 1. The molecule has 1 amide bonds. The van der Waals surface area contributed by atoms with Gasteiger partial charge in [0.25, 0.3) is 0 Å². The molecular formula is C26H28N6O5S. The van der Waals surface area contributed by atoms with Crippen molar-refractivity contribution in [3.63, 3.8) is 0 Å².